The third kappa shape index (κ3) is 3.22. The van der Waals surface area contributed by atoms with Crippen molar-refractivity contribution in [3.05, 3.63) is 0 Å². The largest absolute Gasteiger partial charge is 0.481 e. The Balaban J connectivity index is 1.89. The number of hydrogen-bond donors (Lipinski definition) is 3. The highest BCUT2D eigenvalue weighted by Gasteiger charge is 2.33. The van der Waals surface area contributed by atoms with Crippen LogP contribution in [0.2, 0.25) is 0 Å². The van der Waals surface area contributed by atoms with E-state index in [4.69, 9.17) is 5.11 Å². The van der Waals surface area contributed by atoms with E-state index in [1.807, 2.05) is 0 Å². The normalized spacial score (nSPS) is 32.8. The van der Waals surface area contributed by atoms with Gasteiger partial charge in [0, 0.05) is 12.6 Å². The number of hydrogen-bond acceptors (Lipinski definition) is 3. The highest BCUT2D eigenvalue weighted by Crippen LogP contribution is 2.25. The van der Waals surface area contributed by atoms with Crippen LogP contribution in [-0.2, 0) is 9.59 Å². The molecule has 3 atom stereocenters. The molecule has 1 saturated carbocycles. The molecule has 1 aliphatic carbocycles. The van der Waals surface area contributed by atoms with Gasteiger partial charge in [0.25, 0.3) is 0 Å². The number of piperidine rings is 1. The lowest BCUT2D eigenvalue weighted by molar-refractivity contribution is -0.144. The van der Waals surface area contributed by atoms with Crippen molar-refractivity contribution in [2.45, 2.75) is 44.6 Å². The second-order valence-corrected chi connectivity index (χ2v) is 5.39. The Kier molecular flexibility index (Phi) is 4.58. The molecule has 0 aromatic heterocycles. The summed E-state index contributed by atoms with van der Waals surface area (Å²) >= 11 is 0. The first-order valence-electron chi connectivity index (χ1n) is 6.92. The maximum Gasteiger partial charge on any atom is 0.308 e. The lowest BCUT2D eigenvalue weighted by Gasteiger charge is -2.31. The molecule has 2 unspecified atom stereocenters. The summed E-state index contributed by atoms with van der Waals surface area (Å²) in [5, 5.41) is 15.3. The Morgan fingerprint density at radius 1 is 1.11 bits per heavy atom. The molecule has 1 amide bonds. The molecule has 2 rings (SSSR count). The van der Waals surface area contributed by atoms with Crippen molar-refractivity contribution in [3.8, 4) is 0 Å². The summed E-state index contributed by atoms with van der Waals surface area (Å²) in [4.78, 5) is 23.2. The summed E-state index contributed by atoms with van der Waals surface area (Å²) < 4.78 is 0. The van der Waals surface area contributed by atoms with Crippen LogP contribution in [0.25, 0.3) is 0 Å². The van der Waals surface area contributed by atoms with E-state index in [-0.39, 0.29) is 17.9 Å². The molecule has 2 aliphatic rings. The minimum absolute atomic E-state index is 0.00937. The number of carboxylic acids is 1. The van der Waals surface area contributed by atoms with Crippen LogP contribution in [-0.4, -0.2) is 36.1 Å². The molecule has 0 radical (unpaired) electrons. The quantitative estimate of drug-likeness (QED) is 0.694. The maximum atomic E-state index is 12.1. The molecule has 5 nitrogen and oxygen atoms in total. The van der Waals surface area contributed by atoms with Crippen molar-refractivity contribution in [3.63, 3.8) is 0 Å². The molecule has 1 aliphatic heterocycles. The zero-order valence-corrected chi connectivity index (χ0v) is 10.7. The summed E-state index contributed by atoms with van der Waals surface area (Å²) in [5.74, 6) is -1.14. The molecule has 0 aromatic carbocycles. The van der Waals surface area contributed by atoms with Crippen LogP contribution in [0, 0.1) is 11.8 Å². The number of aliphatic carboxylic acids is 1. The van der Waals surface area contributed by atoms with Gasteiger partial charge in [0.05, 0.1) is 11.8 Å². The zero-order valence-electron chi connectivity index (χ0n) is 10.7. The zero-order chi connectivity index (χ0) is 13.0. The third-order valence-corrected chi connectivity index (χ3v) is 4.08. The van der Waals surface area contributed by atoms with Crippen LogP contribution in [0.4, 0.5) is 0 Å². The van der Waals surface area contributed by atoms with Crippen molar-refractivity contribution in [2.75, 3.05) is 13.1 Å². The van der Waals surface area contributed by atoms with E-state index in [1.54, 1.807) is 0 Å². The first-order valence-corrected chi connectivity index (χ1v) is 6.92. The first kappa shape index (κ1) is 13.3. The van der Waals surface area contributed by atoms with Crippen molar-refractivity contribution in [1.29, 1.82) is 0 Å². The Bertz CT molecular complexity index is 313. The smallest absolute Gasteiger partial charge is 0.308 e. The average Bonchev–Trinajstić information content (AvgIpc) is 2.40. The molecule has 3 N–H and O–H groups in total. The summed E-state index contributed by atoms with van der Waals surface area (Å²) in [6, 6.07) is -0.175. The van der Waals surface area contributed by atoms with Crippen molar-refractivity contribution in [1.82, 2.24) is 10.6 Å². The van der Waals surface area contributed by atoms with Gasteiger partial charge in [-0.3, -0.25) is 9.59 Å². The Morgan fingerprint density at radius 2 is 1.89 bits per heavy atom. The summed E-state index contributed by atoms with van der Waals surface area (Å²) in [6.45, 7) is 1.70. The fraction of sp³-hybridized carbons (Fsp3) is 0.846. The number of amides is 1. The number of nitrogens with one attached hydrogen (secondary N) is 2. The highest BCUT2D eigenvalue weighted by atomic mass is 16.4. The molecule has 1 heterocycles. The minimum atomic E-state index is -0.776. The van der Waals surface area contributed by atoms with Crippen molar-refractivity contribution < 1.29 is 14.7 Å². The van der Waals surface area contributed by atoms with Crippen molar-refractivity contribution >= 4 is 11.9 Å². The Labute approximate surface area is 107 Å². The van der Waals surface area contributed by atoms with Crippen molar-refractivity contribution in [2.24, 2.45) is 11.8 Å². The molecule has 5 heteroatoms. The summed E-state index contributed by atoms with van der Waals surface area (Å²) in [5.41, 5.74) is 0. The lowest BCUT2D eigenvalue weighted by atomic mass is 9.84. The van der Waals surface area contributed by atoms with Crippen LogP contribution < -0.4 is 10.6 Å². The molecule has 0 aromatic rings. The third-order valence-electron chi connectivity index (χ3n) is 4.08. The van der Waals surface area contributed by atoms with Crippen LogP contribution in [0.5, 0.6) is 0 Å². The molecular formula is C13H22N2O3. The second kappa shape index (κ2) is 6.18. The fourth-order valence-electron chi connectivity index (χ4n) is 2.98. The van der Waals surface area contributed by atoms with E-state index in [1.165, 1.54) is 0 Å². The molecule has 2 fully saturated rings. The van der Waals surface area contributed by atoms with Crippen LogP contribution in [0.1, 0.15) is 38.5 Å². The summed E-state index contributed by atoms with van der Waals surface area (Å²) in [7, 11) is 0. The van der Waals surface area contributed by atoms with E-state index in [0.717, 1.165) is 45.2 Å². The van der Waals surface area contributed by atoms with Crippen LogP contribution in [0.3, 0.4) is 0 Å². The SMILES string of the molecule is O=C(O)C1CCCCC1NC(=O)[C@H]1CCCNC1. The fourth-order valence-corrected chi connectivity index (χ4v) is 2.98. The van der Waals surface area contributed by atoms with Gasteiger partial charge in [-0.25, -0.2) is 0 Å². The van der Waals surface area contributed by atoms with Crippen LogP contribution in [0.15, 0.2) is 0 Å². The van der Waals surface area contributed by atoms with Crippen LogP contribution >= 0.6 is 0 Å². The average molecular weight is 254 g/mol. The molecule has 102 valence electrons. The minimum Gasteiger partial charge on any atom is -0.481 e. The van der Waals surface area contributed by atoms with Gasteiger partial charge in [-0.15, -0.1) is 0 Å². The Morgan fingerprint density at radius 3 is 2.56 bits per heavy atom. The predicted octanol–water partition coefficient (Wildman–Crippen LogP) is 0.746. The van der Waals surface area contributed by atoms with E-state index in [9.17, 15) is 9.59 Å². The van der Waals surface area contributed by atoms with E-state index in [2.05, 4.69) is 10.6 Å². The summed E-state index contributed by atoms with van der Waals surface area (Å²) in [6.07, 6.45) is 5.37. The molecule has 0 bridgehead atoms. The van der Waals surface area contributed by atoms with E-state index in [0.29, 0.717) is 6.42 Å². The highest BCUT2D eigenvalue weighted by molar-refractivity contribution is 5.80. The van der Waals surface area contributed by atoms with Gasteiger partial charge < -0.3 is 15.7 Å². The number of carbonyl (C=O) groups excluding carboxylic acids is 1. The lowest BCUT2D eigenvalue weighted by Crippen LogP contribution is -2.49. The van der Waals surface area contributed by atoms with Gasteiger partial charge in [-0.2, -0.15) is 0 Å². The molecule has 1 saturated heterocycles. The Hall–Kier alpha value is -1.10. The predicted molar refractivity (Wildman–Crippen MR) is 67.1 cm³/mol. The van der Waals surface area contributed by atoms with Gasteiger partial charge in [-0.05, 0) is 32.2 Å². The van der Waals surface area contributed by atoms with Gasteiger partial charge >= 0.3 is 5.97 Å². The van der Waals surface area contributed by atoms with E-state index >= 15 is 0 Å². The van der Waals surface area contributed by atoms with E-state index < -0.39 is 11.9 Å². The van der Waals surface area contributed by atoms with Gasteiger partial charge in [0.15, 0.2) is 0 Å². The van der Waals surface area contributed by atoms with Gasteiger partial charge in [0.1, 0.15) is 0 Å². The number of rotatable bonds is 3. The van der Waals surface area contributed by atoms with Gasteiger partial charge in [-0.1, -0.05) is 12.8 Å². The standard InChI is InChI=1S/C13H22N2O3/c16-12(9-4-3-7-14-8-9)15-11-6-2-1-5-10(11)13(17)18/h9-11,14H,1-8H2,(H,15,16)(H,17,18)/t9-,10?,11?/m0/s1. The molecule has 0 spiro atoms. The first-order chi connectivity index (χ1) is 8.68. The number of carbonyl (C=O) groups is 2. The molecular weight excluding hydrogens is 232 g/mol. The second-order valence-electron chi connectivity index (χ2n) is 5.39. The molecule has 18 heavy (non-hydrogen) atoms. The van der Waals surface area contributed by atoms with Gasteiger partial charge in [0.2, 0.25) is 5.91 Å². The topological polar surface area (TPSA) is 78.4 Å². The number of carboxylic acid groups (broad SMARTS) is 1. The monoisotopic (exact) mass is 254 g/mol. The maximum absolute atomic E-state index is 12.1.